The van der Waals surface area contributed by atoms with Crippen LogP contribution < -0.4 is 4.74 Å². The number of aryl methyl sites for hydroxylation is 1. The highest BCUT2D eigenvalue weighted by Crippen LogP contribution is 2.28. The summed E-state index contributed by atoms with van der Waals surface area (Å²) in [5, 5.41) is 0. The van der Waals surface area contributed by atoms with E-state index in [-0.39, 0.29) is 23.3 Å². The van der Waals surface area contributed by atoms with Gasteiger partial charge in [0.2, 0.25) is 15.9 Å². The lowest BCUT2D eigenvalue weighted by molar-refractivity contribution is -0.138. The third-order valence-corrected chi connectivity index (χ3v) is 7.49. The first-order chi connectivity index (χ1) is 13.3. The Labute approximate surface area is 168 Å². The van der Waals surface area contributed by atoms with Crippen LogP contribution in [0.25, 0.3) is 0 Å². The zero-order valence-corrected chi connectivity index (χ0v) is 17.9. The molecular formula is C20H31N3O4S. The van der Waals surface area contributed by atoms with E-state index in [2.05, 4.69) is 11.9 Å². The van der Waals surface area contributed by atoms with Crippen molar-refractivity contribution < 1.29 is 17.9 Å². The van der Waals surface area contributed by atoms with E-state index in [1.807, 2.05) is 18.7 Å². The van der Waals surface area contributed by atoms with E-state index in [4.69, 9.17) is 4.74 Å². The maximum atomic E-state index is 13.1. The predicted molar refractivity (Wildman–Crippen MR) is 108 cm³/mol. The molecule has 1 amide bonds. The third-order valence-electron chi connectivity index (χ3n) is 5.63. The van der Waals surface area contributed by atoms with Gasteiger partial charge < -0.3 is 14.5 Å². The van der Waals surface area contributed by atoms with Crippen molar-refractivity contribution >= 4 is 15.9 Å². The summed E-state index contributed by atoms with van der Waals surface area (Å²) in [7, 11) is -1.57. The van der Waals surface area contributed by atoms with Crippen molar-refractivity contribution in [2.45, 2.75) is 31.6 Å². The molecule has 2 heterocycles. The zero-order chi connectivity index (χ0) is 20.3. The molecule has 1 atom stereocenters. The van der Waals surface area contributed by atoms with Crippen molar-refractivity contribution in [1.29, 1.82) is 0 Å². The van der Waals surface area contributed by atoms with Crippen LogP contribution in [0.2, 0.25) is 0 Å². The molecule has 0 radical (unpaired) electrons. The molecule has 2 fully saturated rings. The molecule has 156 valence electrons. The molecule has 2 aliphatic rings. The van der Waals surface area contributed by atoms with Gasteiger partial charge in [-0.3, -0.25) is 4.79 Å². The molecule has 0 bridgehead atoms. The van der Waals surface area contributed by atoms with Crippen LogP contribution in [0.15, 0.2) is 23.1 Å². The fourth-order valence-electron chi connectivity index (χ4n) is 3.90. The molecule has 0 unspecified atom stereocenters. The Morgan fingerprint density at radius 2 is 1.89 bits per heavy atom. The summed E-state index contributed by atoms with van der Waals surface area (Å²) in [6.07, 6.45) is 1.46. The summed E-state index contributed by atoms with van der Waals surface area (Å²) in [5.74, 6) is 0.537. The normalized spacial score (nSPS) is 22.2. The Morgan fingerprint density at radius 1 is 1.18 bits per heavy atom. The van der Waals surface area contributed by atoms with Crippen LogP contribution >= 0.6 is 0 Å². The van der Waals surface area contributed by atoms with Crippen molar-refractivity contribution in [1.82, 2.24) is 14.1 Å². The van der Waals surface area contributed by atoms with Crippen molar-refractivity contribution in [3.05, 3.63) is 23.8 Å². The van der Waals surface area contributed by atoms with Crippen LogP contribution in [-0.2, 0) is 14.8 Å². The van der Waals surface area contributed by atoms with Gasteiger partial charge in [-0.1, -0.05) is 0 Å². The molecule has 0 N–H and O–H groups in total. The van der Waals surface area contributed by atoms with Gasteiger partial charge in [-0.25, -0.2) is 8.42 Å². The maximum absolute atomic E-state index is 13.1. The Kier molecular flexibility index (Phi) is 6.62. The van der Waals surface area contributed by atoms with E-state index in [0.717, 1.165) is 38.2 Å². The quantitative estimate of drug-likeness (QED) is 0.738. The Bertz CT molecular complexity index is 804. The highest BCUT2D eigenvalue weighted by Gasteiger charge is 2.35. The number of piperidine rings is 1. The number of hydrogen-bond acceptors (Lipinski definition) is 5. The van der Waals surface area contributed by atoms with E-state index in [9.17, 15) is 13.2 Å². The number of ether oxygens (including phenoxy) is 1. The summed E-state index contributed by atoms with van der Waals surface area (Å²) >= 11 is 0. The van der Waals surface area contributed by atoms with Crippen LogP contribution in [0, 0.1) is 12.8 Å². The summed E-state index contributed by atoms with van der Waals surface area (Å²) in [6.45, 7) is 8.18. The molecule has 3 rings (SSSR count). The van der Waals surface area contributed by atoms with E-state index in [0.29, 0.717) is 25.3 Å². The zero-order valence-electron chi connectivity index (χ0n) is 17.1. The number of sulfonamides is 1. The summed E-state index contributed by atoms with van der Waals surface area (Å²) in [5.41, 5.74) is 0.796. The molecule has 0 spiro atoms. The van der Waals surface area contributed by atoms with Gasteiger partial charge in [0.05, 0.1) is 17.4 Å². The minimum Gasteiger partial charge on any atom is -0.494 e. The molecule has 8 heteroatoms. The molecule has 2 saturated heterocycles. The van der Waals surface area contributed by atoms with Gasteiger partial charge in [-0.2, -0.15) is 4.31 Å². The second kappa shape index (κ2) is 8.80. The lowest BCUT2D eigenvalue weighted by Gasteiger charge is -2.37. The smallest absolute Gasteiger partial charge is 0.243 e. The first-order valence-electron chi connectivity index (χ1n) is 10.0. The average Bonchev–Trinajstić information content (AvgIpc) is 2.69. The van der Waals surface area contributed by atoms with Crippen molar-refractivity contribution in [2.24, 2.45) is 5.92 Å². The van der Waals surface area contributed by atoms with Gasteiger partial charge in [0.1, 0.15) is 5.75 Å². The van der Waals surface area contributed by atoms with Gasteiger partial charge in [-0.05, 0) is 57.5 Å². The van der Waals surface area contributed by atoms with E-state index in [1.165, 1.54) is 4.31 Å². The number of piperazine rings is 1. The topological polar surface area (TPSA) is 70.2 Å². The number of hydrogen-bond donors (Lipinski definition) is 0. The Balaban J connectivity index is 1.72. The lowest BCUT2D eigenvalue weighted by Crippen LogP contribution is -2.52. The number of amides is 1. The monoisotopic (exact) mass is 409 g/mol. The summed E-state index contributed by atoms with van der Waals surface area (Å²) in [4.78, 5) is 17.3. The van der Waals surface area contributed by atoms with Gasteiger partial charge in [-0.15, -0.1) is 0 Å². The van der Waals surface area contributed by atoms with Crippen LogP contribution in [0.4, 0.5) is 0 Å². The molecular weight excluding hydrogens is 378 g/mol. The molecule has 0 saturated carbocycles. The summed E-state index contributed by atoms with van der Waals surface area (Å²) < 4.78 is 33.3. The molecule has 0 aliphatic carbocycles. The van der Waals surface area contributed by atoms with Crippen molar-refractivity contribution in [3.63, 3.8) is 0 Å². The van der Waals surface area contributed by atoms with Gasteiger partial charge in [0.25, 0.3) is 0 Å². The van der Waals surface area contributed by atoms with Gasteiger partial charge in [0.15, 0.2) is 0 Å². The van der Waals surface area contributed by atoms with E-state index >= 15 is 0 Å². The molecule has 7 nitrogen and oxygen atoms in total. The van der Waals surface area contributed by atoms with Crippen LogP contribution in [0.5, 0.6) is 5.75 Å². The SMILES string of the molecule is CCOc1ccc(S(=O)(=O)N2CCC[C@H](C(=O)N3CCN(C)CC3)C2)cc1C. The summed E-state index contributed by atoms with van der Waals surface area (Å²) in [6, 6.07) is 4.97. The highest BCUT2D eigenvalue weighted by molar-refractivity contribution is 7.89. The van der Waals surface area contributed by atoms with Crippen LogP contribution in [0.3, 0.4) is 0 Å². The second-order valence-electron chi connectivity index (χ2n) is 7.69. The number of carbonyl (C=O) groups excluding carboxylic acids is 1. The highest BCUT2D eigenvalue weighted by atomic mass is 32.2. The van der Waals surface area contributed by atoms with Gasteiger partial charge in [0, 0.05) is 39.3 Å². The fraction of sp³-hybridized carbons (Fsp3) is 0.650. The Hall–Kier alpha value is -1.64. The second-order valence-corrected chi connectivity index (χ2v) is 9.63. The molecule has 28 heavy (non-hydrogen) atoms. The largest absolute Gasteiger partial charge is 0.494 e. The first kappa shape index (κ1) is 21.1. The minimum atomic E-state index is -3.62. The number of likely N-dealkylation sites (N-methyl/N-ethyl adjacent to an activating group) is 1. The predicted octanol–water partition coefficient (Wildman–Crippen LogP) is 1.57. The van der Waals surface area contributed by atoms with Gasteiger partial charge >= 0.3 is 0 Å². The Morgan fingerprint density at radius 3 is 2.54 bits per heavy atom. The standard InChI is InChI=1S/C20H31N3O4S/c1-4-27-19-8-7-18(14-16(19)2)28(25,26)23-9-5-6-17(15-23)20(24)22-12-10-21(3)11-13-22/h7-8,14,17H,4-6,9-13,15H2,1-3H3/t17-/m0/s1. The first-order valence-corrected chi connectivity index (χ1v) is 11.5. The van der Waals surface area contributed by atoms with E-state index < -0.39 is 10.0 Å². The third kappa shape index (κ3) is 4.50. The maximum Gasteiger partial charge on any atom is 0.243 e. The number of carbonyl (C=O) groups is 1. The molecule has 1 aromatic rings. The number of rotatable bonds is 5. The molecule has 0 aromatic heterocycles. The van der Waals surface area contributed by atoms with Crippen LogP contribution in [0.1, 0.15) is 25.3 Å². The van der Waals surface area contributed by atoms with Crippen molar-refractivity contribution in [2.75, 3.05) is 52.9 Å². The van der Waals surface area contributed by atoms with Crippen molar-refractivity contribution in [3.8, 4) is 5.75 Å². The minimum absolute atomic E-state index is 0.0934. The van der Waals surface area contributed by atoms with Crippen LogP contribution in [-0.4, -0.2) is 81.4 Å². The average molecular weight is 410 g/mol. The fourth-order valence-corrected chi connectivity index (χ4v) is 5.51. The lowest BCUT2D eigenvalue weighted by atomic mass is 9.98. The van der Waals surface area contributed by atoms with E-state index in [1.54, 1.807) is 18.2 Å². The number of benzene rings is 1. The molecule has 2 aliphatic heterocycles. The number of nitrogens with zero attached hydrogens (tertiary/aromatic N) is 3. The molecule has 1 aromatic carbocycles.